The van der Waals surface area contributed by atoms with Gasteiger partial charge in [0.1, 0.15) is 0 Å². The Hall–Kier alpha value is -3.30. The number of aromatic amines is 1. The molecule has 4 aromatic rings. The van der Waals surface area contributed by atoms with E-state index in [2.05, 4.69) is 68.4 Å². The highest BCUT2D eigenvalue weighted by Gasteiger charge is 2.48. The minimum absolute atomic E-state index is 0.307. The highest BCUT2D eigenvalue weighted by molar-refractivity contribution is 5.92. The molecule has 0 atom stereocenters. The van der Waals surface area contributed by atoms with Crippen molar-refractivity contribution < 1.29 is 9.53 Å². The summed E-state index contributed by atoms with van der Waals surface area (Å²) in [6.45, 7) is 13.1. The number of aryl methyl sites for hydroxylation is 1. The lowest BCUT2D eigenvalue weighted by molar-refractivity contribution is -0.189. The van der Waals surface area contributed by atoms with E-state index in [0.29, 0.717) is 29.6 Å². The summed E-state index contributed by atoms with van der Waals surface area (Å²) < 4.78 is 7.12. The molecule has 9 heteroatoms. The van der Waals surface area contributed by atoms with E-state index in [1.54, 1.807) is 4.52 Å². The van der Waals surface area contributed by atoms with Gasteiger partial charge in [-0.15, -0.1) is 5.10 Å². The highest BCUT2D eigenvalue weighted by atomic mass is 16.5. The number of H-pyrrole nitrogens is 1. The van der Waals surface area contributed by atoms with Crippen LogP contribution in [0.1, 0.15) is 61.6 Å². The molecular weight excluding hydrogens is 490 g/mol. The van der Waals surface area contributed by atoms with Gasteiger partial charge in [-0.3, -0.25) is 4.79 Å². The molecule has 204 valence electrons. The van der Waals surface area contributed by atoms with Crippen LogP contribution >= 0.6 is 0 Å². The van der Waals surface area contributed by atoms with E-state index in [1.807, 2.05) is 13.1 Å². The van der Waals surface area contributed by atoms with Crippen LogP contribution in [0.3, 0.4) is 0 Å². The minimum Gasteiger partial charge on any atom is -0.380 e. The predicted molar refractivity (Wildman–Crippen MR) is 150 cm³/mol. The molecule has 3 aromatic heterocycles. The second kappa shape index (κ2) is 9.41. The Morgan fingerprint density at radius 3 is 2.69 bits per heavy atom. The van der Waals surface area contributed by atoms with Crippen molar-refractivity contribution in [3.8, 4) is 11.3 Å². The number of hydrogen-bond donors (Lipinski definition) is 1. The van der Waals surface area contributed by atoms with Crippen LogP contribution in [0.2, 0.25) is 0 Å². The molecule has 0 unspecified atom stereocenters. The molecule has 0 radical (unpaired) electrons. The number of aromatic nitrogens is 5. The molecule has 39 heavy (non-hydrogen) atoms. The Balaban J connectivity index is 1.05. The first kappa shape index (κ1) is 24.7. The van der Waals surface area contributed by atoms with Crippen molar-refractivity contribution in [2.24, 2.45) is 5.41 Å². The standard InChI is InChI=1S/C30H37N7O2/c1-19(2)27-24-13-22(4-5-25(24)31-28(27)23-12-20(3)29-32-33-34-37(29)14-23)21-6-10-36(11-7-21)26(38)8-9-35-15-30(16-35)17-39-18-30/h4-5,12-14,19,21,31H,6-11,15-18H2,1-3H3. The van der Waals surface area contributed by atoms with Crippen molar-refractivity contribution in [1.82, 2.24) is 34.8 Å². The number of benzene rings is 1. The maximum absolute atomic E-state index is 12.9. The number of carbonyl (C=O) groups excluding carboxylic acids is 1. The normalized spacial score (nSPS) is 19.7. The number of carbonyl (C=O) groups is 1. The Morgan fingerprint density at radius 1 is 1.18 bits per heavy atom. The second-order valence-electron chi connectivity index (χ2n) is 12.3. The van der Waals surface area contributed by atoms with Crippen LogP contribution in [-0.4, -0.2) is 86.7 Å². The van der Waals surface area contributed by atoms with Gasteiger partial charge in [-0.25, -0.2) is 0 Å². The molecule has 3 fully saturated rings. The lowest BCUT2D eigenvalue weighted by Gasteiger charge is -2.55. The molecule has 3 saturated heterocycles. The van der Waals surface area contributed by atoms with Gasteiger partial charge in [0.15, 0.2) is 5.65 Å². The van der Waals surface area contributed by atoms with Gasteiger partial charge in [0.2, 0.25) is 5.91 Å². The largest absolute Gasteiger partial charge is 0.380 e. The van der Waals surface area contributed by atoms with Gasteiger partial charge >= 0.3 is 0 Å². The van der Waals surface area contributed by atoms with Gasteiger partial charge in [0.05, 0.1) is 18.9 Å². The molecule has 1 spiro atoms. The number of likely N-dealkylation sites (tertiary alicyclic amines) is 2. The third kappa shape index (κ3) is 4.32. The maximum atomic E-state index is 12.9. The van der Waals surface area contributed by atoms with Gasteiger partial charge in [-0.05, 0) is 76.9 Å². The van der Waals surface area contributed by atoms with E-state index in [4.69, 9.17) is 4.74 Å². The molecule has 1 aromatic carbocycles. The molecule has 1 amide bonds. The van der Waals surface area contributed by atoms with Crippen molar-refractivity contribution in [3.63, 3.8) is 0 Å². The molecular formula is C30H37N7O2. The number of nitrogens with zero attached hydrogens (tertiary/aromatic N) is 6. The fourth-order valence-corrected chi connectivity index (χ4v) is 6.96. The van der Waals surface area contributed by atoms with Crippen molar-refractivity contribution in [3.05, 3.63) is 47.2 Å². The Morgan fingerprint density at radius 2 is 1.97 bits per heavy atom. The average molecular weight is 528 g/mol. The predicted octanol–water partition coefficient (Wildman–Crippen LogP) is 4.13. The molecule has 0 aliphatic carbocycles. The van der Waals surface area contributed by atoms with E-state index in [9.17, 15) is 4.79 Å². The van der Waals surface area contributed by atoms with Crippen LogP contribution in [0.15, 0.2) is 30.5 Å². The Labute approximate surface area is 228 Å². The SMILES string of the molecule is Cc1cc(-c2[nH]c3ccc(C4CCN(C(=O)CCN5CC6(COC6)C5)CC4)cc3c2C(C)C)cn2nnnc12. The zero-order chi connectivity index (χ0) is 26.7. The first-order chi connectivity index (χ1) is 18.9. The van der Waals surface area contributed by atoms with Crippen LogP contribution in [0.5, 0.6) is 0 Å². The van der Waals surface area contributed by atoms with Crippen LogP contribution in [0.25, 0.3) is 27.8 Å². The average Bonchev–Trinajstić information content (AvgIpc) is 3.51. The molecule has 7 rings (SSSR count). The molecule has 0 saturated carbocycles. The summed E-state index contributed by atoms with van der Waals surface area (Å²) in [6, 6.07) is 9.05. The quantitative estimate of drug-likeness (QED) is 0.405. The van der Waals surface area contributed by atoms with E-state index in [-0.39, 0.29) is 0 Å². The fraction of sp³-hybridized carbons (Fsp3) is 0.533. The molecule has 3 aliphatic heterocycles. The number of fused-ring (bicyclic) bond motifs is 2. The monoisotopic (exact) mass is 527 g/mol. The number of pyridine rings is 1. The zero-order valence-electron chi connectivity index (χ0n) is 23.1. The molecule has 3 aliphatic rings. The number of rotatable bonds is 6. The second-order valence-corrected chi connectivity index (χ2v) is 12.3. The summed E-state index contributed by atoms with van der Waals surface area (Å²) in [5, 5.41) is 13.4. The van der Waals surface area contributed by atoms with Crippen LogP contribution < -0.4 is 0 Å². The lowest BCUT2D eigenvalue weighted by atomic mass is 9.78. The summed E-state index contributed by atoms with van der Waals surface area (Å²) in [6.07, 6.45) is 4.68. The third-order valence-corrected chi connectivity index (χ3v) is 9.10. The highest BCUT2D eigenvalue weighted by Crippen LogP contribution is 2.39. The number of piperidine rings is 1. The van der Waals surface area contributed by atoms with Crippen molar-refractivity contribution in [2.75, 3.05) is 45.9 Å². The van der Waals surface area contributed by atoms with Gasteiger partial charge in [0, 0.05) is 67.2 Å². The Kier molecular flexibility index (Phi) is 5.97. The lowest BCUT2D eigenvalue weighted by Crippen LogP contribution is -2.66. The van der Waals surface area contributed by atoms with Crippen LogP contribution in [-0.2, 0) is 9.53 Å². The minimum atomic E-state index is 0.307. The number of ether oxygens (including phenoxy) is 1. The summed E-state index contributed by atoms with van der Waals surface area (Å²) in [5.74, 6) is 1.14. The fourth-order valence-electron chi connectivity index (χ4n) is 6.96. The Bertz CT molecular complexity index is 1530. The van der Waals surface area contributed by atoms with Gasteiger partial charge in [0.25, 0.3) is 0 Å². The number of hydrogen-bond acceptors (Lipinski definition) is 6. The van der Waals surface area contributed by atoms with Crippen molar-refractivity contribution in [2.45, 2.75) is 51.9 Å². The van der Waals surface area contributed by atoms with Gasteiger partial charge < -0.3 is 19.5 Å². The first-order valence-corrected chi connectivity index (χ1v) is 14.3. The molecule has 0 bridgehead atoms. The summed E-state index contributed by atoms with van der Waals surface area (Å²) >= 11 is 0. The van der Waals surface area contributed by atoms with Crippen molar-refractivity contribution in [1.29, 1.82) is 0 Å². The molecule has 9 nitrogen and oxygen atoms in total. The smallest absolute Gasteiger partial charge is 0.223 e. The number of amides is 1. The molecule has 1 N–H and O–H groups in total. The number of tetrazole rings is 1. The zero-order valence-corrected chi connectivity index (χ0v) is 23.1. The summed E-state index contributed by atoms with van der Waals surface area (Å²) in [4.78, 5) is 21.1. The summed E-state index contributed by atoms with van der Waals surface area (Å²) in [7, 11) is 0. The van der Waals surface area contributed by atoms with Gasteiger partial charge in [-0.1, -0.05) is 19.9 Å². The van der Waals surface area contributed by atoms with Crippen LogP contribution in [0, 0.1) is 12.3 Å². The molecule has 6 heterocycles. The van der Waals surface area contributed by atoms with Gasteiger partial charge in [-0.2, -0.15) is 4.52 Å². The van der Waals surface area contributed by atoms with E-state index < -0.39 is 0 Å². The summed E-state index contributed by atoms with van der Waals surface area (Å²) in [5.41, 5.74) is 8.34. The van der Waals surface area contributed by atoms with E-state index >= 15 is 0 Å². The van der Waals surface area contributed by atoms with E-state index in [1.165, 1.54) is 16.5 Å². The third-order valence-electron chi connectivity index (χ3n) is 9.10. The van der Waals surface area contributed by atoms with E-state index in [0.717, 1.165) is 86.8 Å². The van der Waals surface area contributed by atoms with Crippen molar-refractivity contribution >= 4 is 22.5 Å². The maximum Gasteiger partial charge on any atom is 0.223 e. The van der Waals surface area contributed by atoms with Crippen LogP contribution in [0.4, 0.5) is 0 Å². The topological polar surface area (TPSA) is 91.7 Å². The first-order valence-electron chi connectivity index (χ1n) is 14.3. The number of nitrogens with one attached hydrogen (secondary N) is 1.